The summed E-state index contributed by atoms with van der Waals surface area (Å²) >= 11 is 0. The molecule has 3 atom stereocenters. The number of carbonyl (C=O) groups excluding carboxylic acids is 5. The molecule has 0 unspecified atom stereocenters. The molecule has 1 N–H and O–H groups in total. The normalized spacial score (nSPS) is 18.9. The number of amides is 3. The Labute approximate surface area is 202 Å². The van der Waals surface area contributed by atoms with Crippen LogP contribution in [0.1, 0.15) is 33.2 Å². The van der Waals surface area contributed by atoms with Gasteiger partial charge in [0.05, 0.1) is 22.0 Å². The number of nitro benzene ring substituents is 1. The molecule has 2 aromatic rings. The number of fused-ring (bicyclic) bond motifs is 1. The quantitative estimate of drug-likeness (QED) is 0.0648. The largest absolute Gasteiger partial charge is 0.452 e. The molecule has 4 rings (SSSR count). The van der Waals surface area contributed by atoms with E-state index in [2.05, 4.69) is 10.1 Å². The number of Topliss-reactive ketones (excluding diaryl/α,β-unsaturated/α-hetero) is 1. The van der Waals surface area contributed by atoms with Gasteiger partial charge in [-0.05, 0) is 29.8 Å². The molecule has 0 spiro atoms. The fraction of sp³-hybridized carbons (Fsp3) is 0.217. The highest BCUT2D eigenvalue weighted by Crippen LogP contribution is 2.33. The standard InChI is InChI=1S/C23H17N5O8/c1-11(16-19(25-20(16)30)27-21(31)14-4-2-3-5-15(14)22(27)32)18(29)17(26-24)23(33)36-10-12-6-8-13(9-7-12)28(34)35/h2-9,11,16,19H,10H2,1H3,(H,25,30)/t11-,16-,19+/m0/s1. The highest BCUT2D eigenvalue weighted by molar-refractivity contribution is 6.62. The Morgan fingerprint density at radius 1 is 1.11 bits per heavy atom. The van der Waals surface area contributed by atoms with Crippen LogP contribution in [0.3, 0.4) is 0 Å². The molecule has 1 fully saturated rings. The van der Waals surface area contributed by atoms with Crippen LogP contribution in [0, 0.1) is 22.0 Å². The molecule has 0 saturated carbocycles. The molecular formula is C23H17N5O8. The van der Waals surface area contributed by atoms with Crippen molar-refractivity contribution in [3.63, 3.8) is 0 Å². The minimum atomic E-state index is -1.29. The maximum Gasteiger partial charge on any atom is 0.441 e. The van der Waals surface area contributed by atoms with Gasteiger partial charge in [0.1, 0.15) is 12.8 Å². The number of hydrogen-bond acceptors (Lipinski definition) is 8. The summed E-state index contributed by atoms with van der Waals surface area (Å²) in [6, 6.07) is 11.2. The zero-order chi connectivity index (χ0) is 26.1. The van der Waals surface area contributed by atoms with Gasteiger partial charge in [-0.1, -0.05) is 19.1 Å². The van der Waals surface area contributed by atoms with Crippen molar-refractivity contribution in [1.29, 1.82) is 0 Å². The van der Waals surface area contributed by atoms with E-state index in [4.69, 9.17) is 4.74 Å². The van der Waals surface area contributed by atoms with Gasteiger partial charge in [0.2, 0.25) is 5.91 Å². The van der Waals surface area contributed by atoms with Crippen LogP contribution in [0.15, 0.2) is 48.5 Å². The third kappa shape index (κ3) is 4.03. The van der Waals surface area contributed by atoms with Crippen molar-refractivity contribution in [3.8, 4) is 0 Å². The van der Waals surface area contributed by atoms with Gasteiger partial charge in [-0.25, -0.2) is 4.79 Å². The van der Waals surface area contributed by atoms with Crippen LogP contribution in [0.5, 0.6) is 0 Å². The average Bonchev–Trinajstić information content (AvgIpc) is 3.11. The molecule has 0 aliphatic carbocycles. The summed E-state index contributed by atoms with van der Waals surface area (Å²) in [5.74, 6) is -6.68. The number of ketones is 1. The van der Waals surface area contributed by atoms with Crippen molar-refractivity contribution in [3.05, 3.63) is 80.9 Å². The van der Waals surface area contributed by atoms with Crippen LogP contribution in [-0.2, 0) is 25.7 Å². The minimum absolute atomic E-state index is 0.161. The number of non-ortho nitro benzene ring substituents is 1. The van der Waals surface area contributed by atoms with Crippen LogP contribution < -0.4 is 5.32 Å². The number of nitrogens with one attached hydrogen (secondary N) is 1. The number of rotatable bonds is 8. The van der Waals surface area contributed by atoms with E-state index in [1.165, 1.54) is 43.3 Å². The van der Waals surface area contributed by atoms with E-state index in [-0.39, 0.29) is 23.4 Å². The molecule has 1 saturated heterocycles. The summed E-state index contributed by atoms with van der Waals surface area (Å²) in [4.78, 5) is 76.9. The first kappa shape index (κ1) is 24.1. The van der Waals surface area contributed by atoms with Crippen LogP contribution in [0.4, 0.5) is 5.69 Å². The summed E-state index contributed by atoms with van der Waals surface area (Å²) in [5, 5.41) is 13.2. The SMILES string of the molecule is C[C@H](C(=O)C(=[N+]=[N-])C(=O)OCc1ccc([N+](=O)[O-])cc1)[C@@H]1C(=O)N[C@@H]1N1C(=O)c2ccccc2C1=O. The maximum atomic E-state index is 12.9. The first-order valence-corrected chi connectivity index (χ1v) is 10.6. The van der Waals surface area contributed by atoms with Crippen molar-refractivity contribution in [2.45, 2.75) is 19.7 Å². The van der Waals surface area contributed by atoms with E-state index in [1.54, 1.807) is 12.1 Å². The van der Waals surface area contributed by atoms with E-state index in [0.717, 1.165) is 4.90 Å². The number of nitrogens with zero attached hydrogens (tertiary/aromatic N) is 4. The second-order valence-corrected chi connectivity index (χ2v) is 8.11. The van der Waals surface area contributed by atoms with Gasteiger partial charge < -0.3 is 15.6 Å². The Morgan fingerprint density at radius 2 is 1.69 bits per heavy atom. The molecule has 2 aromatic carbocycles. The molecule has 0 bridgehead atoms. The number of imide groups is 1. The molecule has 2 aliphatic heterocycles. The second kappa shape index (κ2) is 9.31. The fourth-order valence-electron chi connectivity index (χ4n) is 4.07. The summed E-state index contributed by atoms with van der Waals surface area (Å²) < 4.78 is 4.97. The molecule has 2 aliphatic rings. The van der Waals surface area contributed by atoms with Crippen LogP contribution in [-0.4, -0.2) is 56.0 Å². The zero-order valence-electron chi connectivity index (χ0n) is 18.6. The van der Waals surface area contributed by atoms with Crippen LogP contribution >= 0.6 is 0 Å². The monoisotopic (exact) mass is 491 g/mol. The van der Waals surface area contributed by atoms with Gasteiger partial charge in [-0.3, -0.25) is 34.2 Å². The number of esters is 1. The lowest BCUT2D eigenvalue weighted by Crippen LogP contribution is -2.69. The van der Waals surface area contributed by atoms with Crippen molar-refractivity contribution >= 4 is 40.9 Å². The Morgan fingerprint density at radius 3 is 2.19 bits per heavy atom. The third-order valence-corrected chi connectivity index (χ3v) is 6.03. The predicted molar refractivity (Wildman–Crippen MR) is 118 cm³/mol. The average molecular weight is 491 g/mol. The van der Waals surface area contributed by atoms with Gasteiger partial charge in [-0.2, -0.15) is 4.79 Å². The van der Waals surface area contributed by atoms with Gasteiger partial charge in [-0.15, -0.1) is 0 Å². The number of benzene rings is 2. The summed E-state index contributed by atoms with van der Waals surface area (Å²) in [6.45, 7) is 0.921. The van der Waals surface area contributed by atoms with E-state index in [0.29, 0.717) is 5.56 Å². The minimum Gasteiger partial charge on any atom is -0.452 e. The number of nitro groups is 1. The molecule has 0 aromatic heterocycles. The van der Waals surface area contributed by atoms with E-state index in [9.17, 15) is 39.6 Å². The van der Waals surface area contributed by atoms with E-state index < -0.39 is 58.1 Å². The fourth-order valence-corrected chi connectivity index (χ4v) is 4.07. The highest BCUT2D eigenvalue weighted by atomic mass is 16.6. The summed E-state index contributed by atoms with van der Waals surface area (Å²) in [7, 11) is 0. The van der Waals surface area contributed by atoms with Gasteiger partial charge in [0.15, 0.2) is 0 Å². The highest BCUT2D eigenvalue weighted by Gasteiger charge is 2.55. The zero-order valence-corrected chi connectivity index (χ0v) is 18.6. The number of carbonyl (C=O) groups is 5. The molecule has 36 heavy (non-hydrogen) atoms. The first-order valence-electron chi connectivity index (χ1n) is 10.6. The van der Waals surface area contributed by atoms with Crippen molar-refractivity contribution < 1.29 is 38.4 Å². The Balaban J connectivity index is 1.45. The van der Waals surface area contributed by atoms with Crippen LogP contribution in [0.25, 0.3) is 5.53 Å². The molecule has 3 amide bonds. The predicted octanol–water partition coefficient (Wildman–Crippen LogP) is 0.882. The van der Waals surface area contributed by atoms with Gasteiger partial charge >= 0.3 is 11.7 Å². The van der Waals surface area contributed by atoms with Gasteiger partial charge in [0.25, 0.3) is 23.3 Å². The van der Waals surface area contributed by atoms with E-state index in [1.807, 2.05) is 0 Å². The molecule has 0 radical (unpaired) electrons. The van der Waals surface area contributed by atoms with E-state index >= 15 is 0 Å². The van der Waals surface area contributed by atoms with Crippen molar-refractivity contribution in [2.24, 2.45) is 11.8 Å². The summed E-state index contributed by atoms with van der Waals surface area (Å²) in [5.41, 5.74) is 8.84. The maximum absolute atomic E-state index is 12.9. The lowest BCUT2D eigenvalue weighted by molar-refractivity contribution is -0.384. The molecule has 13 nitrogen and oxygen atoms in total. The number of hydrogen-bond donors (Lipinski definition) is 1. The summed E-state index contributed by atoms with van der Waals surface area (Å²) in [6.07, 6.45) is -1.14. The number of ether oxygens (including phenoxy) is 1. The first-order chi connectivity index (χ1) is 17.1. The second-order valence-electron chi connectivity index (χ2n) is 8.11. The Kier molecular flexibility index (Phi) is 6.24. The molecule has 182 valence electrons. The van der Waals surface area contributed by atoms with Crippen molar-refractivity contribution in [1.82, 2.24) is 10.2 Å². The van der Waals surface area contributed by atoms with Crippen LogP contribution in [0.2, 0.25) is 0 Å². The third-order valence-electron chi connectivity index (χ3n) is 6.03. The van der Waals surface area contributed by atoms with Gasteiger partial charge in [0, 0.05) is 18.1 Å². The molecule has 13 heteroatoms. The topological polar surface area (TPSA) is 189 Å². The number of β-lactam (4-membered cyclic amide) rings is 1. The lowest BCUT2D eigenvalue weighted by atomic mass is 9.80. The Bertz CT molecular complexity index is 1340. The Hall–Kier alpha value is -5.03. The smallest absolute Gasteiger partial charge is 0.441 e. The lowest BCUT2D eigenvalue weighted by Gasteiger charge is -2.43. The molecule has 2 heterocycles. The van der Waals surface area contributed by atoms with Crippen molar-refractivity contribution in [2.75, 3.05) is 0 Å². The molecular weight excluding hydrogens is 474 g/mol.